The minimum Gasteiger partial charge on any atom is -0.755 e. The zero-order valence-corrected chi connectivity index (χ0v) is 13.8. The molecule has 9 heteroatoms. The molecule has 1 aromatic carbocycles. The number of carbonyl (C=O) groups is 2. The summed E-state index contributed by atoms with van der Waals surface area (Å²) >= 11 is -2.41. The highest BCUT2D eigenvalue weighted by Gasteiger charge is 2.34. The Hall–Kier alpha value is -2.78. The minimum absolute atomic E-state index is 0.208. The second-order valence-electron chi connectivity index (χ2n) is 5.37. The van der Waals surface area contributed by atoms with E-state index in [1.807, 2.05) is 0 Å². The highest BCUT2D eigenvalue weighted by molar-refractivity contribution is 7.80. The first-order valence-corrected chi connectivity index (χ1v) is 8.47. The van der Waals surface area contributed by atoms with E-state index in [2.05, 4.69) is 9.71 Å². The Morgan fingerprint density at radius 1 is 1.20 bits per heavy atom. The molecule has 1 aliphatic rings. The quantitative estimate of drug-likeness (QED) is 0.628. The van der Waals surface area contributed by atoms with E-state index in [4.69, 9.17) is 4.74 Å². The van der Waals surface area contributed by atoms with Crippen LogP contribution >= 0.6 is 0 Å². The molecule has 2 aromatic rings. The smallest absolute Gasteiger partial charge is 0.357 e. The molecule has 0 aliphatic carbocycles. The molecule has 1 aromatic heterocycles. The molecule has 2 heterocycles. The normalized spacial score (nSPS) is 15.2. The van der Waals surface area contributed by atoms with Crippen molar-refractivity contribution in [2.45, 2.75) is 6.10 Å². The fourth-order valence-corrected chi connectivity index (χ4v) is 2.66. The number of hydrogen-bond acceptors (Lipinski definition) is 6. The van der Waals surface area contributed by atoms with Crippen LogP contribution in [-0.2, 0) is 16.0 Å². The molecular formula is C16H14N3O5S-. The number of benzene rings is 1. The molecule has 0 spiro atoms. The Labute approximate surface area is 146 Å². The van der Waals surface area contributed by atoms with Crippen LogP contribution < -0.4 is 4.72 Å². The average molecular weight is 360 g/mol. The molecule has 0 bridgehead atoms. The number of amides is 1. The molecule has 1 saturated heterocycles. The first-order valence-electron chi connectivity index (χ1n) is 7.40. The van der Waals surface area contributed by atoms with Crippen molar-refractivity contribution in [2.24, 2.45) is 0 Å². The molecule has 25 heavy (non-hydrogen) atoms. The lowest BCUT2D eigenvalue weighted by Crippen LogP contribution is -2.55. The highest BCUT2D eigenvalue weighted by atomic mass is 32.2. The second-order valence-corrected chi connectivity index (χ2v) is 6.04. The maximum Gasteiger partial charge on any atom is 0.357 e. The van der Waals surface area contributed by atoms with E-state index in [9.17, 15) is 18.4 Å². The molecule has 130 valence electrons. The van der Waals surface area contributed by atoms with Gasteiger partial charge in [-0.25, -0.2) is 9.78 Å². The van der Waals surface area contributed by atoms with Gasteiger partial charge < -0.3 is 18.9 Å². The van der Waals surface area contributed by atoms with Gasteiger partial charge in [0.2, 0.25) is 0 Å². The number of nitrogens with one attached hydrogen (secondary N) is 1. The van der Waals surface area contributed by atoms with E-state index in [-0.39, 0.29) is 17.7 Å². The zero-order valence-electron chi connectivity index (χ0n) is 13.0. The number of hydrogen-bond donors (Lipinski definition) is 1. The molecule has 0 radical (unpaired) electrons. The van der Waals surface area contributed by atoms with Crippen LogP contribution in [0.2, 0.25) is 0 Å². The zero-order chi connectivity index (χ0) is 17.8. The predicted octanol–water partition coefficient (Wildman–Crippen LogP) is 0.969. The van der Waals surface area contributed by atoms with Gasteiger partial charge in [0.1, 0.15) is 11.8 Å². The first-order chi connectivity index (χ1) is 12.0. The number of pyridine rings is 1. The molecule has 1 aliphatic heterocycles. The van der Waals surface area contributed by atoms with E-state index < -0.39 is 17.2 Å². The number of nitrogens with zero attached hydrogens (tertiary/aromatic N) is 2. The first kappa shape index (κ1) is 17.1. The largest absolute Gasteiger partial charge is 0.755 e. The highest BCUT2D eigenvalue weighted by Crippen LogP contribution is 2.18. The van der Waals surface area contributed by atoms with Crippen molar-refractivity contribution in [3.05, 3.63) is 59.9 Å². The van der Waals surface area contributed by atoms with Gasteiger partial charge in [-0.1, -0.05) is 6.07 Å². The molecule has 1 atom stereocenters. The van der Waals surface area contributed by atoms with Crippen molar-refractivity contribution >= 4 is 28.8 Å². The van der Waals surface area contributed by atoms with Gasteiger partial charge >= 0.3 is 5.97 Å². The Morgan fingerprint density at radius 2 is 1.92 bits per heavy atom. The predicted molar refractivity (Wildman–Crippen MR) is 88.3 cm³/mol. The average Bonchev–Trinajstić information content (AvgIpc) is 2.58. The molecule has 3 rings (SSSR count). The summed E-state index contributed by atoms with van der Waals surface area (Å²) in [6.07, 6.45) is 1.15. The summed E-state index contributed by atoms with van der Waals surface area (Å²) in [6.45, 7) is 0.615. The van der Waals surface area contributed by atoms with Gasteiger partial charge in [-0.3, -0.25) is 9.00 Å². The summed E-state index contributed by atoms with van der Waals surface area (Å²) in [4.78, 5) is 29.6. The molecule has 1 fully saturated rings. The van der Waals surface area contributed by atoms with Crippen LogP contribution in [0.1, 0.15) is 20.8 Å². The van der Waals surface area contributed by atoms with Gasteiger partial charge in [0.25, 0.3) is 5.91 Å². The van der Waals surface area contributed by atoms with Crippen LogP contribution in [-0.4, -0.2) is 49.7 Å². The van der Waals surface area contributed by atoms with Crippen molar-refractivity contribution in [3.8, 4) is 0 Å². The molecule has 0 saturated carbocycles. The number of rotatable bonds is 5. The summed E-state index contributed by atoms with van der Waals surface area (Å²) in [5.41, 5.74) is 1.03. The van der Waals surface area contributed by atoms with Crippen LogP contribution in [0.4, 0.5) is 5.69 Å². The number of esters is 1. The van der Waals surface area contributed by atoms with E-state index in [1.54, 1.807) is 23.1 Å². The second kappa shape index (κ2) is 7.41. The molecular weight excluding hydrogens is 346 g/mol. The lowest BCUT2D eigenvalue weighted by atomic mass is 10.1. The van der Waals surface area contributed by atoms with Crippen LogP contribution in [0.25, 0.3) is 0 Å². The van der Waals surface area contributed by atoms with Crippen LogP contribution in [0.3, 0.4) is 0 Å². The van der Waals surface area contributed by atoms with Gasteiger partial charge in [-0.05, 0) is 36.4 Å². The third kappa shape index (κ3) is 4.20. The number of likely N-dealkylation sites (tertiary alicyclic amines) is 1. The van der Waals surface area contributed by atoms with Crippen molar-refractivity contribution < 1.29 is 23.1 Å². The third-order valence-electron chi connectivity index (χ3n) is 3.62. The SMILES string of the molecule is O=C(OC1CN(C(=O)c2ccc(NS(=O)[O-])cc2)C1)c1ccccn1. The fourth-order valence-electron chi connectivity index (χ4n) is 2.33. The Morgan fingerprint density at radius 3 is 2.52 bits per heavy atom. The minimum atomic E-state index is -2.41. The fraction of sp³-hybridized carbons (Fsp3) is 0.188. The van der Waals surface area contributed by atoms with E-state index in [0.717, 1.165) is 0 Å². The Balaban J connectivity index is 1.51. The lowest BCUT2D eigenvalue weighted by molar-refractivity contribution is -0.0238. The van der Waals surface area contributed by atoms with Crippen LogP contribution in [0, 0.1) is 0 Å². The standard InChI is InChI=1S/C16H15N3O5S/c20-15(11-4-6-12(7-5-11)18-25(22)23)19-9-13(10-19)24-16(21)14-3-1-2-8-17-14/h1-8,13,18H,9-10H2,(H,22,23)/p-1. The monoisotopic (exact) mass is 360 g/mol. The van der Waals surface area contributed by atoms with Crippen molar-refractivity contribution in [1.82, 2.24) is 9.88 Å². The number of carbonyl (C=O) groups excluding carboxylic acids is 2. The molecule has 1 N–H and O–H groups in total. The Kier molecular flexibility index (Phi) is 5.05. The van der Waals surface area contributed by atoms with Gasteiger partial charge in [0.05, 0.1) is 13.1 Å². The summed E-state index contributed by atoms with van der Waals surface area (Å²) in [5, 5.41) is 0. The van der Waals surface area contributed by atoms with Gasteiger partial charge in [0, 0.05) is 28.7 Å². The van der Waals surface area contributed by atoms with Crippen LogP contribution in [0.5, 0.6) is 0 Å². The third-order valence-corrected chi connectivity index (χ3v) is 4.02. The molecule has 1 unspecified atom stereocenters. The lowest BCUT2D eigenvalue weighted by Gasteiger charge is -2.38. The van der Waals surface area contributed by atoms with Crippen LogP contribution in [0.15, 0.2) is 48.7 Å². The van der Waals surface area contributed by atoms with E-state index in [0.29, 0.717) is 24.3 Å². The van der Waals surface area contributed by atoms with Crippen molar-refractivity contribution in [2.75, 3.05) is 17.8 Å². The number of anilines is 1. The van der Waals surface area contributed by atoms with Crippen molar-refractivity contribution in [1.29, 1.82) is 0 Å². The summed E-state index contributed by atoms with van der Waals surface area (Å²) < 4.78 is 28.6. The van der Waals surface area contributed by atoms with E-state index >= 15 is 0 Å². The van der Waals surface area contributed by atoms with Gasteiger partial charge in [-0.2, -0.15) is 0 Å². The van der Waals surface area contributed by atoms with Gasteiger partial charge in [0.15, 0.2) is 0 Å². The Bertz CT molecular complexity index is 791. The summed E-state index contributed by atoms with van der Waals surface area (Å²) in [6, 6.07) is 11.0. The molecule has 1 amide bonds. The van der Waals surface area contributed by atoms with Crippen molar-refractivity contribution in [3.63, 3.8) is 0 Å². The van der Waals surface area contributed by atoms with Gasteiger partial charge in [-0.15, -0.1) is 0 Å². The number of aromatic nitrogens is 1. The maximum absolute atomic E-state index is 12.3. The topological polar surface area (TPSA) is 112 Å². The summed E-state index contributed by atoms with van der Waals surface area (Å²) in [7, 11) is 0. The maximum atomic E-state index is 12.3. The number of ether oxygens (including phenoxy) is 1. The molecule has 8 nitrogen and oxygen atoms in total. The summed E-state index contributed by atoms with van der Waals surface area (Å²) in [5.74, 6) is -0.723. The van der Waals surface area contributed by atoms with E-state index in [1.165, 1.54) is 30.5 Å².